The first-order valence-corrected chi connectivity index (χ1v) is 6.91. The summed E-state index contributed by atoms with van der Waals surface area (Å²) in [6.07, 6.45) is -4.47. The van der Waals surface area contributed by atoms with E-state index in [1.807, 2.05) is 6.92 Å². The summed E-state index contributed by atoms with van der Waals surface area (Å²) >= 11 is 3.13. The third kappa shape index (κ3) is 2.98. The van der Waals surface area contributed by atoms with Crippen LogP contribution in [0.25, 0.3) is 0 Å². The Hall–Kier alpha value is -1.08. The number of amides is 1. The molecule has 1 aliphatic heterocycles. The van der Waals surface area contributed by atoms with Gasteiger partial charge in [0.1, 0.15) is 0 Å². The molecule has 20 heavy (non-hydrogen) atoms. The molecule has 1 amide bonds. The van der Waals surface area contributed by atoms with Crippen molar-refractivity contribution in [1.82, 2.24) is 4.90 Å². The zero-order chi connectivity index (χ0) is 15.1. The van der Waals surface area contributed by atoms with Crippen LogP contribution in [0.3, 0.4) is 0 Å². The van der Waals surface area contributed by atoms with Gasteiger partial charge in [0.25, 0.3) is 5.91 Å². The molecule has 2 N–H and O–H groups in total. The largest absolute Gasteiger partial charge is 0.416 e. The van der Waals surface area contributed by atoms with Gasteiger partial charge in [0.05, 0.1) is 11.1 Å². The van der Waals surface area contributed by atoms with Crippen LogP contribution in [0.1, 0.15) is 22.8 Å². The molecule has 110 valence electrons. The Morgan fingerprint density at radius 2 is 2.05 bits per heavy atom. The number of hydrogen-bond donors (Lipinski definition) is 1. The van der Waals surface area contributed by atoms with Crippen molar-refractivity contribution in [2.24, 2.45) is 11.7 Å². The first-order chi connectivity index (χ1) is 9.20. The molecular weight excluding hydrogens is 337 g/mol. The molecule has 1 aliphatic rings. The molecule has 7 heteroatoms. The van der Waals surface area contributed by atoms with Crippen LogP contribution >= 0.6 is 15.9 Å². The number of carbonyl (C=O) groups is 1. The highest BCUT2D eigenvalue weighted by atomic mass is 79.9. The Morgan fingerprint density at radius 3 is 2.55 bits per heavy atom. The van der Waals surface area contributed by atoms with Gasteiger partial charge >= 0.3 is 6.18 Å². The van der Waals surface area contributed by atoms with Gasteiger partial charge in [-0.25, -0.2) is 0 Å². The van der Waals surface area contributed by atoms with Crippen molar-refractivity contribution in [3.05, 3.63) is 33.8 Å². The topological polar surface area (TPSA) is 46.3 Å². The van der Waals surface area contributed by atoms with E-state index >= 15 is 0 Å². The summed E-state index contributed by atoms with van der Waals surface area (Å²) in [4.78, 5) is 13.8. The average Bonchev–Trinajstić information content (AvgIpc) is 2.68. The molecule has 2 unspecified atom stereocenters. The third-order valence-corrected chi connectivity index (χ3v) is 4.17. The van der Waals surface area contributed by atoms with Crippen molar-refractivity contribution in [3.63, 3.8) is 0 Å². The molecule has 0 saturated carbocycles. The number of carbonyl (C=O) groups excluding carboxylic acids is 1. The lowest BCUT2D eigenvalue weighted by atomic mass is 10.1. The monoisotopic (exact) mass is 350 g/mol. The number of alkyl halides is 3. The van der Waals surface area contributed by atoms with Gasteiger partial charge in [-0.2, -0.15) is 13.2 Å². The number of likely N-dealkylation sites (tertiary alicyclic amines) is 1. The van der Waals surface area contributed by atoms with E-state index in [9.17, 15) is 18.0 Å². The molecule has 0 spiro atoms. The average molecular weight is 351 g/mol. The smallest absolute Gasteiger partial charge is 0.337 e. The van der Waals surface area contributed by atoms with Gasteiger partial charge in [0.15, 0.2) is 0 Å². The van der Waals surface area contributed by atoms with Gasteiger partial charge < -0.3 is 10.6 Å². The number of rotatable bonds is 1. The minimum atomic E-state index is -4.47. The molecule has 1 saturated heterocycles. The molecule has 3 nitrogen and oxygen atoms in total. The highest BCUT2D eigenvalue weighted by Gasteiger charge is 2.34. The maximum absolute atomic E-state index is 12.7. The summed E-state index contributed by atoms with van der Waals surface area (Å²) in [5, 5.41) is 0. The minimum absolute atomic E-state index is 0.0149. The molecule has 0 bridgehead atoms. The second-order valence-electron chi connectivity index (χ2n) is 5.04. The summed E-state index contributed by atoms with van der Waals surface area (Å²) in [6.45, 7) is 2.74. The van der Waals surface area contributed by atoms with E-state index in [1.165, 1.54) is 11.0 Å². The Balaban J connectivity index is 2.30. The predicted molar refractivity (Wildman–Crippen MR) is 72.2 cm³/mol. The van der Waals surface area contributed by atoms with Crippen LogP contribution in [0.15, 0.2) is 22.7 Å². The molecule has 1 fully saturated rings. The van der Waals surface area contributed by atoms with E-state index in [0.29, 0.717) is 17.6 Å². The van der Waals surface area contributed by atoms with Crippen LogP contribution < -0.4 is 5.73 Å². The van der Waals surface area contributed by atoms with Gasteiger partial charge in [-0.15, -0.1) is 0 Å². The van der Waals surface area contributed by atoms with Gasteiger partial charge in [0.2, 0.25) is 0 Å². The summed E-state index contributed by atoms with van der Waals surface area (Å²) in [5.41, 5.74) is 5.02. The number of nitrogens with zero attached hydrogens (tertiary/aromatic N) is 1. The summed E-state index contributed by atoms with van der Waals surface area (Å²) in [5.74, 6) is -0.286. The fourth-order valence-corrected chi connectivity index (χ4v) is 2.61. The summed E-state index contributed by atoms with van der Waals surface area (Å²) in [7, 11) is 0. The van der Waals surface area contributed by atoms with Crippen molar-refractivity contribution >= 4 is 21.8 Å². The zero-order valence-corrected chi connectivity index (χ0v) is 12.3. The predicted octanol–water partition coefficient (Wildman–Crippen LogP) is 2.89. The second kappa shape index (κ2) is 5.37. The Bertz CT molecular complexity index is 523. The lowest BCUT2D eigenvalue weighted by Gasteiger charge is -2.18. The van der Waals surface area contributed by atoms with Crippen molar-refractivity contribution in [1.29, 1.82) is 0 Å². The van der Waals surface area contributed by atoms with E-state index in [0.717, 1.165) is 12.1 Å². The number of hydrogen-bond acceptors (Lipinski definition) is 2. The van der Waals surface area contributed by atoms with E-state index < -0.39 is 17.6 Å². The van der Waals surface area contributed by atoms with Crippen molar-refractivity contribution < 1.29 is 18.0 Å². The van der Waals surface area contributed by atoms with Gasteiger partial charge in [-0.3, -0.25) is 4.79 Å². The van der Waals surface area contributed by atoms with Crippen LogP contribution in [0, 0.1) is 5.92 Å². The minimum Gasteiger partial charge on any atom is -0.337 e. The van der Waals surface area contributed by atoms with Gasteiger partial charge in [-0.1, -0.05) is 6.92 Å². The maximum Gasteiger partial charge on any atom is 0.416 e. The van der Waals surface area contributed by atoms with Crippen LogP contribution in [0.4, 0.5) is 13.2 Å². The molecule has 1 aromatic carbocycles. The molecule has 2 rings (SSSR count). The van der Waals surface area contributed by atoms with Crippen LogP contribution in [0.2, 0.25) is 0 Å². The Morgan fingerprint density at radius 1 is 1.40 bits per heavy atom. The Kier molecular flexibility index (Phi) is 4.11. The van der Waals surface area contributed by atoms with Crippen molar-refractivity contribution in [2.45, 2.75) is 19.1 Å². The quantitative estimate of drug-likeness (QED) is 0.846. The van der Waals surface area contributed by atoms with E-state index in [2.05, 4.69) is 15.9 Å². The van der Waals surface area contributed by atoms with Crippen LogP contribution in [-0.4, -0.2) is 29.9 Å². The van der Waals surface area contributed by atoms with Crippen LogP contribution in [0.5, 0.6) is 0 Å². The van der Waals surface area contributed by atoms with Gasteiger partial charge in [-0.05, 0) is 40.0 Å². The first-order valence-electron chi connectivity index (χ1n) is 6.11. The molecule has 1 aromatic rings. The van der Waals surface area contributed by atoms with E-state index in [1.54, 1.807) is 0 Å². The maximum atomic E-state index is 12.7. The molecule has 0 aliphatic carbocycles. The second-order valence-corrected chi connectivity index (χ2v) is 5.90. The number of nitrogens with two attached hydrogens (primary N) is 1. The lowest BCUT2D eigenvalue weighted by Crippen LogP contribution is -2.32. The first kappa shape index (κ1) is 15.3. The van der Waals surface area contributed by atoms with Crippen LogP contribution in [-0.2, 0) is 6.18 Å². The highest BCUT2D eigenvalue weighted by Crippen LogP contribution is 2.32. The molecule has 0 aromatic heterocycles. The summed E-state index contributed by atoms with van der Waals surface area (Å²) in [6, 6.07) is 2.93. The zero-order valence-electron chi connectivity index (χ0n) is 10.7. The highest BCUT2D eigenvalue weighted by molar-refractivity contribution is 9.10. The fraction of sp³-hybridized carbons (Fsp3) is 0.462. The normalized spacial score (nSPS) is 23.2. The standard InChI is InChI=1S/C13H14BrF3N2O/c1-7-5-19(6-11(7)18)12(20)9-4-8(13(15,16)17)2-3-10(9)14/h2-4,7,11H,5-6,18H2,1H3. The number of benzene rings is 1. The fourth-order valence-electron chi connectivity index (χ4n) is 2.19. The van der Waals surface area contributed by atoms with Crippen molar-refractivity contribution in [3.8, 4) is 0 Å². The lowest BCUT2D eigenvalue weighted by molar-refractivity contribution is -0.137. The molecule has 2 atom stereocenters. The summed E-state index contributed by atoms with van der Waals surface area (Å²) < 4.78 is 38.5. The molecular formula is C13H14BrF3N2O. The van der Waals surface area contributed by atoms with Gasteiger partial charge in [0, 0.05) is 23.6 Å². The third-order valence-electron chi connectivity index (χ3n) is 3.48. The molecule has 1 heterocycles. The molecule has 0 radical (unpaired) electrons. The van der Waals surface area contributed by atoms with E-state index in [-0.39, 0.29) is 17.5 Å². The Labute approximate surface area is 123 Å². The van der Waals surface area contributed by atoms with E-state index in [4.69, 9.17) is 5.73 Å². The SMILES string of the molecule is CC1CN(C(=O)c2cc(C(F)(F)F)ccc2Br)CC1N. The van der Waals surface area contributed by atoms with Crippen molar-refractivity contribution in [2.75, 3.05) is 13.1 Å². The number of halogens is 4.